The molecule has 0 aromatic heterocycles. The molecule has 0 atom stereocenters. The van der Waals surface area contributed by atoms with Crippen molar-refractivity contribution in [3.63, 3.8) is 0 Å². The van der Waals surface area contributed by atoms with Gasteiger partial charge >= 0.3 is 0 Å². The molecule has 0 saturated carbocycles. The van der Waals surface area contributed by atoms with Crippen LogP contribution >= 0.6 is 12.2 Å². The van der Waals surface area contributed by atoms with Gasteiger partial charge in [-0.15, -0.1) is 0 Å². The molecule has 8 heteroatoms. The summed E-state index contributed by atoms with van der Waals surface area (Å²) in [4.78, 5) is 12.0. The molecule has 7 nitrogen and oxygen atoms in total. The Morgan fingerprint density at radius 2 is 2.18 bits per heavy atom. The summed E-state index contributed by atoms with van der Waals surface area (Å²) in [5, 5.41) is 17.5. The highest BCUT2D eigenvalue weighted by Crippen LogP contribution is 2.22. The highest BCUT2D eigenvalue weighted by atomic mass is 32.1. The van der Waals surface area contributed by atoms with E-state index in [0.29, 0.717) is 16.4 Å². The quantitative estimate of drug-likeness (QED) is 0.405. The number of hydrogen-bond donors (Lipinski definition) is 3. The fraction of sp³-hybridized carbons (Fsp3) is 0.500. The summed E-state index contributed by atoms with van der Waals surface area (Å²) in [6.45, 7) is 7.10. The monoisotopic (exact) mass is 325 g/mol. The molecule has 3 N–H and O–H groups in total. The van der Waals surface area contributed by atoms with Crippen molar-refractivity contribution < 1.29 is 14.6 Å². The minimum absolute atomic E-state index is 0.0885. The van der Waals surface area contributed by atoms with Crippen molar-refractivity contribution in [3.8, 4) is 0 Å². The number of thiocarbonyl (C=S) groups is 1. The second-order valence-corrected chi connectivity index (χ2v) is 5.66. The van der Waals surface area contributed by atoms with Gasteiger partial charge in [-0.1, -0.05) is 6.07 Å². The van der Waals surface area contributed by atoms with Crippen LogP contribution in [0.3, 0.4) is 0 Å². The van der Waals surface area contributed by atoms with Crippen LogP contribution in [0.15, 0.2) is 18.2 Å². The first-order chi connectivity index (χ1) is 10.6. The standard InChI is InChI=1S/C14H20N4O3S/c1-11-2-3-12(10-13(11)18(19)20)16-14(22)15-4-5-17-6-8-21-9-7-17/h2-3,10H,4-9H2,1H3,(H2,15,16,22)/p+1. The van der Waals surface area contributed by atoms with Crippen molar-refractivity contribution in [2.24, 2.45) is 0 Å². The first-order valence-corrected chi connectivity index (χ1v) is 7.68. The van der Waals surface area contributed by atoms with Gasteiger partial charge in [-0.05, 0) is 25.2 Å². The van der Waals surface area contributed by atoms with Gasteiger partial charge in [0.25, 0.3) is 5.69 Å². The number of nitro benzene ring substituents is 1. The van der Waals surface area contributed by atoms with Crippen LogP contribution in [0.1, 0.15) is 5.56 Å². The van der Waals surface area contributed by atoms with Gasteiger partial charge in [0.15, 0.2) is 5.11 Å². The number of nitro groups is 1. The van der Waals surface area contributed by atoms with Gasteiger partial charge in [-0.2, -0.15) is 0 Å². The Morgan fingerprint density at radius 3 is 2.86 bits per heavy atom. The third-order valence-corrected chi connectivity index (χ3v) is 3.87. The van der Waals surface area contributed by atoms with E-state index in [9.17, 15) is 10.1 Å². The summed E-state index contributed by atoms with van der Waals surface area (Å²) >= 11 is 5.22. The molecular weight excluding hydrogens is 304 g/mol. The maximum Gasteiger partial charge on any atom is 0.274 e. The van der Waals surface area contributed by atoms with E-state index in [2.05, 4.69) is 10.6 Å². The minimum Gasteiger partial charge on any atom is -0.370 e. The number of anilines is 1. The molecule has 1 saturated heterocycles. The second kappa shape index (κ2) is 8.02. The van der Waals surface area contributed by atoms with Crippen molar-refractivity contribution >= 4 is 28.7 Å². The fourth-order valence-electron chi connectivity index (χ4n) is 2.32. The lowest BCUT2D eigenvalue weighted by Gasteiger charge is -2.24. The maximum absolute atomic E-state index is 10.9. The SMILES string of the molecule is Cc1ccc(NC(=S)NCC[NH+]2CCOCC2)cc1[N+](=O)[O-]. The molecule has 0 aliphatic carbocycles. The van der Waals surface area contributed by atoms with Crippen LogP contribution < -0.4 is 15.5 Å². The molecule has 0 amide bonds. The number of nitrogens with zero attached hydrogens (tertiary/aromatic N) is 1. The smallest absolute Gasteiger partial charge is 0.274 e. The van der Waals surface area contributed by atoms with Gasteiger partial charge in [0.1, 0.15) is 13.1 Å². The molecule has 1 aromatic carbocycles. The number of quaternary nitrogens is 1. The van der Waals surface area contributed by atoms with Crippen LogP contribution in [0, 0.1) is 17.0 Å². The molecule has 0 unspecified atom stereocenters. The fourth-order valence-corrected chi connectivity index (χ4v) is 2.54. The van der Waals surface area contributed by atoms with E-state index in [1.807, 2.05) is 0 Å². The lowest BCUT2D eigenvalue weighted by atomic mass is 10.2. The van der Waals surface area contributed by atoms with Gasteiger partial charge in [0.05, 0.1) is 31.2 Å². The van der Waals surface area contributed by atoms with E-state index in [1.54, 1.807) is 19.1 Å². The molecule has 1 aliphatic heterocycles. The van der Waals surface area contributed by atoms with Crippen LogP contribution in [0.25, 0.3) is 0 Å². The molecule has 1 aromatic rings. The Hall–Kier alpha value is -1.77. The van der Waals surface area contributed by atoms with Crippen LogP contribution in [0.5, 0.6) is 0 Å². The normalized spacial score (nSPS) is 15.3. The van der Waals surface area contributed by atoms with Crippen molar-refractivity contribution in [2.75, 3.05) is 44.7 Å². The molecule has 1 aliphatic rings. The van der Waals surface area contributed by atoms with Crippen molar-refractivity contribution in [2.45, 2.75) is 6.92 Å². The van der Waals surface area contributed by atoms with Gasteiger partial charge in [0.2, 0.25) is 0 Å². The zero-order valence-corrected chi connectivity index (χ0v) is 13.4. The Morgan fingerprint density at radius 1 is 1.45 bits per heavy atom. The first kappa shape index (κ1) is 16.6. The van der Waals surface area contributed by atoms with Crippen LogP contribution in [0.2, 0.25) is 0 Å². The summed E-state index contributed by atoms with van der Waals surface area (Å²) in [5.74, 6) is 0. The van der Waals surface area contributed by atoms with E-state index in [4.69, 9.17) is 17.0 Å². The number of aryl methyl sites for hydroxylation is 1. The molecule has 22 heavy (non-hydrogen) atoms. The summed E-state index contributed by atoms with van der Waals surface area (Å²) < 4.78 is 5.31. The second-order valence-electron chi connectivity index (χ2n) is 5.25. The van der Waals surface area contributed by atoms with E-state index in [-0.39, 0.29) is 5.69 Å². The number of morpholine rings is 1. The Labute approximate surface area is 134 Å². The van der Waals surface area contributed by atoms with E-state index >= 15 is 0 Å². The maximum atomic E-state index is 10.9. The number of ether oxygens (including phenoxy) is 1. The van der Waals surface area contributed by atoms with E-state index < -0.39 is 4.92 Å². The summed E-state index contributed by atoms with van der Waals surface area (Å²) in [6.07, 6.45) is 0. The predicted octanol–water partition coefficient (Wildman–Crippen LogP) is 0.105. The van der Waals surface area contributed by atoms with Crippen LogP contribution in [-0.4, -0.2) is 49.4 Å². The van der Waals surface area contributed by atoms with Crippen molar-refractivity contribution in [1.29, 1.82) is 0 Å². The molecule has 0 radical (unpaired) electrons. The highest BCUT2D eigenvalue weighted by Gasteiger charge is 2.14. The third-order valence-electron chi connectivity index (χ3n) is 3.63. The third kappa shape index (κ3) is 4.90. The average Bonchev–Trinajstić information content (AvgIpc) is 2.50. The lowest BCUT2D eigenvalue weighted by molar-refractivity contribution is -0.906. The molecule has 1 fully saturated rings. The summed E-state index contributed by atoms with van der Waals surface area (Å²) in [7, 11) is 0. The minimum atomic E-state index is -0.390. The van der Waals surface area contributed by atoms with Gasteiger partial charge < -0.3 is 20.3 Å². The Bertz CT molecular complexity index is 547. The van der Waals surface area contributed by atoms with Crippen LogP contribution in [-0.2, 0) is 4.74 Å². The Kier molecular flexibility index (Phi) is 6.05. The van der Waals surface area contributed by atoms with Crippen molar-refractivity contribution in [3.05, 3.63) is 33.9 Å². The first-order valence-electron chi connectivity index (χ1n) is 7.27. The molecule has 120 valence electrons. The highest BCUT2D eigenvalue weighted by molar-refractivity contribution is 7.80. The number of benzene rings is 1. The van der Waals surface area contributed by atoms with Gasteiger partial charge in [-0.3, -0.25) is 10.1 Å². The average molecular weight is 325 g/mol. The summed E-state index contributed by atoms with van der Waals surface area (Å²) in [6, 6.07) is 4.99. The summed E-state index contributed by atoms with van der Waals surface area (Å²) in [5.41, 5.74) is 1.34. The van der Waals surface area contributed by atoms with E-state index in [1.165, 1.54) is 11.0 Å². The number of rotatable bonds is 5. The molecule has 0 spiro atoms. The van der Waals surface area contributed by atoms with E-state index in [0.717, 1.165) is 39.4 Å². The van der Waals surface area contributed by atoms with Gasteiger partial charge in [0, 0.05) is 17.3 Å². The van der Waals surface area contributed by atoms with Crippen LogP contribution in [0.4, 0.5) is 11.4 Å². The van der Waals surface area contributed by atoms with Gasteiger partial charge in [-0.25, -0.2) is 0 Å². The lowest BCUT2D eigenvalue weighted by Crippen LogP contribution is -3.14. The van der Waals surface area contributed by atoms with Crippen molar-refractivity contribution in [1.82, 2.24) is 5.32 Å². The number of hydrogen-bond acceptors (Lipinski definition) is 4. The molecular formula is C14H21N4O3S+. The number of nitrogens with one attached hydrogen (secondary N) is 3. The zero-order chi connectivity index (χ0) is 15.9. The molecule has 1 heterocycles. The zero-order valence-electron chi connectivity index (χ0n) is 12.6. The Balaban J connectivity index is 1.79. The molecule has 0 bridgehead atoms. The largest absolute Gasteiger partial charge is 0.370 e. The predicted molar refractivity (Wildman–Crippen MR) is 88.4 cm³/mol. The topological polar surface area (TPSA) is 80.9 Å². The molecule has 2 rings (SSSR count).